The Morgan fingerprint density at radius 2 is 1.96 bits per heavy atom. The van der Waals surface area contributed by atoms with Crippen LogP contribution >= 0.6 is 11.6 Å². The molecule has 1 N–H and O–H groups in total. The van der Waals surface area contributed by atoms with Crippen molar-refractivity contribution in [3.8, 4) is 0 Å². The first kappa shape index (κ1) is 17.2. The van der Waals surface area contributed by atoms with Crippen molar-refractivity contribution in [2.24, 2.45) is 0 Å². The van der Waals surface area contributed by atoms with Crippen molar-refractivity contribution in [1.82, 2.24) is 9.78 Å². The lowest BCUT2D eigenvalue weighted by atomic mass is 10.1. The van der Waals surface area contributed by atoms with E-state index in [0.717, 1.165) is 16.8 Å². The summed E-state index contributed by atoms with van der Waals surface area (Å²) >= 11 is 6.06. The molecule has 25 heavy (non-hydrogen) atoms. The number of halogens is 2. The molecule has 0 bridgehead atoms. The summed E-state index contributed by atoms with van der Waals surface area (Å²) < 4.78 is 14.9. The van der Waals surface area contributed by atoms with Crippen LogP contribution < -0.4 is 5.32 Å². The highest BCUT2D eigenvalue weighted by atomic mass is 35.5. The molecule has 2 aromatic carbocycles. The van der Waals surface area contributed by atoms with Gasteiger partial charge in [-0.3, -0.25) is 9.48 Å². The molecule has 3 aromatic rings. The quantitative estimate of drug-likeness (QED) is 0.743. The van der Waals surface area contributed by atoms with E-state index < -0.39 is 0 Å². The van der Waals surface area contributed by atoms with Gasteiger partial charge in [0.2, 0.25) is 5.91 Å². The van der Waals surface area contributed by atoms with Gasteiger partial charge in [0.05, 0.1) is 13.0 Å². The lowest BCUT2D eigenvalue weighted by molar-refractivity contribution is -0.115. The highest BCUT2D eigenvalue weighted by molar-refractivity contribution is 6.31. The normalized spacial score (nSPS) is 10.7. The zero-order chi connectivity index (χ0) is 17.8. The molecule has 0 aliphatic heterocycles. The molecule has 128 valence electrons. The van der Waals surface area contributed by atoms with Gasteiger partial charge in [-0.15, -0.1) is 0 Å². The maximum Gasteiger partial charge on any atom is 0.229 e. The fraction of sp³-hybridized carbons (Fsp3) is 0.158. The second-order valence-electron chi connectivity index (χ2n) is 5.77. The standard InChI is InChI=1S/C19H17ClFN3O/c1-13-9-18(22-19(25)10-14-5-3-2-4-6-14)23-24(13)12-15-7-8-16(21)11-17(15)20/h2-9,11H,10,12H2,1H3,(H,22,23,25). The van der Waals surface area contributed by atoms with E-state index in [9.17, 15) is 9.18 Å². The zero-order valence-corrected chi connectivity index (χ0v) is 14.4. The number of amides is 1. The molecule has 3 rings (SSSR count). The number of carbonyl (C=O) groups is 1. The van der Waals surface area contributed by atoms with Crippen molar-refractivity contribution in [3.63, 3.8) is 0 Å². The van der Waals surface area contributed by atoms with Crippen molar-refractivity contribution in [2.45, 2.75) is 19.9 Å². The number of hydrogen-bond acceptors (Lipinski definition) is 2. The third kappa shape index (κ3) is 4.45. The van der Waals surface area contributed by atoms with Crippen LogP contribution in [0.2, 0.25) is 5.02 Å². The van der Waals surface area contributed by atoms with Crippen molar-refractivity contribution >= 4 is 23.3 Å². The van der Waals surface area contributed by atoms with Crippen molar-refractivity contribution in [1.29, 1.82) is 0 Å². The predicted molar refractivity (Wildman–Crippen MR) is 96.3 cm³/mol. The molecule has 0 radical (unpaired) electrons. The summed E-state index contributed by atoms with van der Waals surface area (Å²) in [4.78, 5) is 12.1. The number of benzene rings is 2. The number of aryl methyl sites for hydroxylation is 1. The lowest BCUT2D eigenvalue weighted by Gasteiger charge is -2.07. The molecule has 0 aliphatic rings. The van der Waals surface area contributed by atoms with Gasteiger partial charge in [0.15, 0.2) is 5.82 Å². The average Bonchev–Trinajstić information content (AvgIpc) is 2.90. The van der Waals surface area contributed by atoms with E-state index in [1.54, 1.807) is 16.8 Å². The zero-order valence-electron chi connectivity index (χ0n) is 13.7. The van der Waals surface area contributed by atoms with Crippen LogP contribution in [0.4, 0.5) is 10.2 Å². The first-order valence-corrected chi connectivity index (χ1v) is 8.21. The van der Waals surface area contributed by atoms with E-state index in [-0.39, 0.29) is 18.1 Å². The van der Waals surface area contributed by atoms with Crippen LogP contribution in [0.15, 0.2) is 54.6 Å². The smallest absolute Gasteiger partial charge is 0.229 e. The van der Waals surface area contributed by atoms with Crippen molar-refractivity contribution in [3.05, 3.63) is 82.3 Å². The SMILES string of the molecule is Cc1cc(NC(=O)Cc2ccccc2)nn1Cc1ccc(F)cc1Cl. The molecule has 1 aromatic heterocycles. The van der Waals surface area contributed by atoms with Gasteiger partial charge in [-0.05, 0) is 30.2 Å². The number of aromatic nitrogens is 2. The van der Waals surface area contributed by atoms with Gasteiger partial charge in [0, 0.05) is 16.8 Å². The van der Waals surface area contributed by atoms with E-state index >= 15 is 0 Å². The van der Waals surface area contributed by atoms with Crippen LogP contribution in [0.1, 0.15) is 16.8 Å². The summed E-state index contributed by atoms with van der Waals surface area (Å²) in [6.07, 6.45) is 0.288. The summed E-state index contributed by atoms with van der Waals surface area (Å²) in [5, 5.41) is 7.53. The number of nitrogens with one attached hydrogen (secondary N) is 1. The maximum atomic E-state index is 13.1. The Morgan fingerprint density at radius 1 is 1.20 bits per heavy atom. The van der Waals surface area contributed by atoms with Gasteiger partial charge in [-0.25, -0.2) is 4.39 Å². The molecule has 0 aliphatic carbocycles. The maximum absolute atomic E-state index is 13.1. The predicted octanol–water partition coefficient (Wildman–Crippen LogP) is 4.21. The van der Waals surface area contributed by atoms with E-state index in [1.165, 1.54) is 12.1 Å². The number of hydrogen-bond donors (Lipinski definition) is 1. The van der Waals surface area contributed by atoms with Crippen LogP contribution in [-0.2, 0) is 17.8 Å². The van der Waals surface area contributed by atoms with Crippen LogP contribution in [0.25, 0.3) is 0 Å². The Morgan fingerprint density at radius 3 is 2.68 bits per heavy atom. The summed E-state index contributed by atoms with van der Waals surface area (Å²) in [6.45, 7) is 2.29. The second-order valence-corrected chi connectivity index (χ2v) is 6.18. The van der Waals surface area contributed by atoms with Crippen LogP contribution in [0.3, 0.4) is 0 Å². The monoisotopic (exact) mass is 357 g/mol. The van der Waals surface area contributed by atoms with Gasteiger partial charge in [0.25, 0.3) is 0 Å². The van der Waals surface area contributed by atoms with Gasteiger partial charge in [-0.2, -0.15) is 5.10 Å². The van der Waals surface area contributed by atoms with E-state index in [1.807, 2.05) is 37.3 Å². The molecule has 0 atom stereocenters. The summed E-state index contributed by atoms with van der Waals surface area (Å²) in [5.41, 5.74) is 2.57. The average molecular weight is 358 g/mol. The molecule has 6 heteroatoms. The molecular formula is C19H17ClFN3O. The molecule has 0 saturated carbocycles. The Labute approximate surface area is 150 Å². The first-order chi connectivity index (χ1) is 12.0. The van der Waals surface area contributed by atoms with Gasteiger partial charge >= 0.3 is 0 Å². The Kier molecular flexibility index (Phi) is 5.14. The molecule has 1 amide bonds. The number of anilines is 1. The highest BCUT2D eigenvalue weighted by Gasteiger charge is 2.10. The topological polar surface area (TPSA) is 46.9 Å². The molecule has 0 saturated heterocycles. The van der Waals surface area contributed by atoms with Gasteiger partial charge in [-0.1, -0.05) is 48.0 Å². The first-order valence-electron chi connectivity index (χ1n) is 7.83. The largest absolute Gasteiger partial charge is 0.309 e. The molecule has 1 heterocycles. The van der Waals surface area contributed by atoms with Gasteiger partial charge in [0.1, 0.15) is 5.82 Å². The molecule has 4 nitrogen and oxygen atoms in total. The fourth-order valence-electron chi connectivity index (χ4n) is 2.51. The fourth-order valence-corrected chi connectivity index (χ4v) is 2.74. The Bertz CT molecular complexity index is 893. The third-order valence-corrected chi connectivity index (χ3v) is 4.14. The minimum Gasteiger partial charge on any atom is -0.309 e. The summed E-state index contributed by atoms with van der Waals surface area (Å²) in [5.74, 6) is -0.0212. The minimum atomic E-state index is -0.375. The van der Waals surface area contributed by atoms with Crippen LogP contribution in [-0.4, -0.2) is 15.7 Å². The summed E-state index contributed by atoms with van der Waals surface area (Å²) in [7, 11) is 0. The van der Waals surface area contributed by atoms with Gasteiger partial charge < -0.3 is 5.32 Å². The van der Waals surface area contributed by atoms with E-state index in [4.69, 9.17) is 11.6 Å². The summed E-state index contributed by atoms with van der Waals surface area (Å²) in [6, 6.07) is 15.6. The number of carbonyl (C=O) groups excluding carboxylic acids is 1. The number of nitrogens with zero attached hydrogens (tertiary/aromatic N) is 2. The van der Waals surface area contributed by atoms with E-state index in [2.05, 4.69) is 10.4 Å². The number of rotatable bonds is 5. The van der Waals surface area contributed by atoms with Crippen LogP contribution in [0, 0.1) is 12.7 Å². The van der Waals surface area contributed by atoms with Crippen LogP contribution in [0.5, 0.6) is 0 Å². The van der Waals surface area contributed by atoms with Crippen molar-refractivity contribution < 1.29 is 9.18 Å². The molecule has 0 unspecified atom stereocenters. The van der Waals surface area contributed by atoms with Crippen molar-refractivity contribution in [2.75, 3.05) is 5.32 Å². The Hall–Kier alpha value is -2.66. The molecule has 0 spiro atoms. The molecular weight excluding hydrogens is 341 g/mol. The Balaban J connectivity index is 1.68. The third-order valence-electron chi connectivity index (χ3n) is 3.79. The second kappa shape index (κ2) is 7.49. The minimum absolute atomic E-state index is 0.129. The van der Waals surface area contributed by atoms with E-state index in [0.29, 0.717) is 17.4 Å². The highest BCUT2D eigenvalue weighted by Crippen LogP contribution is 2.20. The molecule has 0 fully saturated rings. The lowest BCUT2D eigenvalue weighted by Crippen LogP contribution is -2.15.